The summed E-state index contributed by atoms with van der Waals surface area (Å²) in [4.78, 5) is 53.3. The molecule has 6 unspecified atom stereocenters. The summed E-state index contributed by atoms with van der Waals surface area (Å²) in [5.41, 5.74) is 1.62. The molecule has 7 nitrogen and oxygen atoms in total. The molecule has 2 aliphatic heterocycles. The van der Waals surface area contributed by atoms with Crippen molar-refractivity contribution in [2.45, 2.75) is 6.92 Å². The maximum absolute atomic E-state index is 13.1. The largest absolute Gasteiger partial charge is 0.457 e. The predicted molar refractivity (Wildman–Crippen MR) is 109 cm³/mol. The van der Waals surface area contributed by atoms with Crippen molar-refractivity contribution in [3.05, 3.63) is 54.1 Å². The Kier molecular flexibility index (Phi) is 3.56. The van der Waals surface area contributed by atoms with Crippen LogP contribution in [0, 0.1) is 42.4 Å². The van der Waals surface area contributed by atoms with Crippen LogP contribution in [0.15, 0.2) is 48.5 Å². The zero-order valence-electron chi connectivity index (χ0n) is 17.0. The zero-order valence-corrected chi connectivity index (χ0v) is 17.0. The Labute approximate surface area is 178 Å². The summed E-state index contributed by atoms with van der Waals surface area (Å²) in [6, 6.07) is 14.5. The molecule has 156 valence electrons. The first-order valence-corrected chi connectivity index (χ1v) is 10.4. The molecule has 2 aromatic rings. The fourth-order valence-corrected chi connectivity index (χ4v) is 5.97. The number of hydrogen-bond acceptors (Lipinski definition) is 5. The van der Waals surface area contributed by atoms with E-state index >= 15 is 0 Å². The van der Waals surface area contributed by atoms with E-state index in [1.54, 1.807) is 24.3 Å². The number of aryl methyl sites for hydroxylation is 1. The van der Waals surface area contributed by atoms with E-state index in [9.17, 15) is 19.2 Å². The highest BCUT2D eigenvalue weighted by Gasteiger charge is 2.79. The first-order chi connectivity index (χ1) is 14.9. The molecule has 2 saturated heterocycles. The Balaban J connectivity index is 1.23. The topological polar surface area (TPSA) is 84.0 Å². The van der Waals surface area contributed by atoms with Gasteiger partial charge < -0.3 is 4.74 Å². The Morgan fingerprint density at radius 1 is 0.645 bits per heavy atom. The van der Waals surface area contributed by atoms with Gasteiger partial charge in [-0.3, -0.25) is 29.0 Å². The van der Waals surface area contributed by atoms with Crippen molar-refractivity contribution in [2.24, 2.45) is 35.5 Å². The van der Waals surface area contributed by atoms with Gasteiger partial charge in [0.15, 0.2) is 0 Å². The quantitative estimate of drug-likeness (QED) is 0.718. The number of carbonyl (C=O) groups is 4. The number of hydrogen-bond donors (Lipinski definition) is 0. The van der Waals surface area contributed by atoms with Gasteiger partial charge in [0, 0.05) is 7.05 Å². The minimum absolute atomic E-state index is 0.193. The normalized spacial score (nSPS) is 33.0. The van der Waals surface area contributed by atoms with Gasteiger partial charge in [-0.1, -0.05) is 17.7 Å². The lowest BCUT2D eigenvalue weighted by atomic mass is 9.39. The maximum Gasteiger partial charge on any atom is 0.238 e. The minimum atomic E-state index is -0.495. The number of amides is 4. The third-order valence-corrected chi connectivity index (χ3v) is 7.47. The highest BCUT2D eigenvalue weighted by Crippen LogP contribution is 2.69. The summed E-state index contributed by atoms with van der Waals surface area (Å²) in [5, 5.41) is 0. The lowest BCUT2D eigenvalue weighted by Crippen LogP contribution is -2.66. The van der Waals surface area contributed by atoms with Crippen LogP contribution in [0.5, 0.6) is 11.5 Å². The molecule has 2 heterocycles. The van der Waals surface area contributed by atoms with Gasteiger partial charge in [-0.15, -0.1) is 0 Å². The fraction of sp³-hybridized carbons (Fsp3) is 0.333. The smallest absolute Gasteiger partial charge is 0.238 e. The number of fused-ring (bicyclic) bond motifs is 7. The van der Waals surface area contributed by atoms with Crippen LogP contribution in [-0.2, 0) is 19.2 Å². The van der Waals surface area contributed by atoms with Gasteiger partial charge in [-0.05, 0) is 55.2 Å². The fourth-order valence-electron chi connectivity index (χ4n) is 5.97. The van der Waals surface area contributed by atoms with Crippen molar-refractivity contribution >= 4 is 29.3 Å². The summed E-state index contributed by atoms with van der Waals surface area (Å²) in [7, 11) is 1.48. The number of ether oxygens (including phenoxy) is 1. The highest BCUT2D eigenvalue weighted by molar-refractivity contribution is 6.24. The number of carbonyl (C=O) groups excluding carboxylic acids is 4. The van der Waals surface area contributed by atoms with Crippen molar-refractivity contribution < 1.29 is 23.9 Å². The summed E-state index contributed by atoms with van der Waals surface area (Å²) in [6.07, 6.45) is 0. The Morgan fingerprint density at radius 2 is 1.06 bits per heavy atom. The first-order valence-electron chi connectivity index (χ1n) is 10.4. The first kappa shape index (κ1) is 18.3. The third kappa shape index (κ3) is 2.23. The van der Waals surface area contributed by atoms with Gasteiger partial charge in [-0.2, -0.15) is 0 Å². The molecule has 31 heavy (non-hydrogen) atoms. The lowest BCUT2D eigenvalue weighted by Gasteiger charge is -2.59. The van der Waals surface area contributed by atoms with Gasteiger partial charge in [0.1, 0.15) is 11.5 Å². The average Bonchev–Trinajstić information content (AvgIpc) is 3.05. The molecule has 2 aliphatic carbocycles. The SMILES string of the molecule is Cc1ccc(Oc2ccc(N3C(=O)C4C(C3=O)C3C5C(=O)N(C)C(=O)C5C43)cc2)cc1. The summed E-state index contributed by atoms with van der Waals surface area (Å²) < 4.78 is 5.82. The molecular formula is C24H20N2O5. The van der Waals surface area contributed by atoms with Crippen molar-refractivity contribution in [3.8, 4) is 11.5 Å². The van der Waals surface area contributed by atoms with E-state index in [1.807, 2.05) is 31.2 Å². The van der Waals surface area contributed by atoms with E-state index in [-0.39, 0.29) is 35.5 Å². The molecule has 2 saturated carbocycles. The Bertz CT molecular complexity index is 1110. The van der Waals surface area contributed by atoms with E-state index in [4.69, 9.17) is 4.74 Å². The van der Waals surface area contributed by atoms with Crippen LogP contribution in [-0.4, -0.2) is 35.6 Å². The molecule has 0 radical (unpaired) electrons. The molecule has 0 aromatic heterocycles. The van der Waals surface area contributed by atoms with Gasteiger partial charge in [0.05, 0.1) is 29.4 Å². The Morgan fingerprint density at radius 3 is 1.55 bits per heavy atom. The van der Waals surface area contributed by atoms with Crippen molar-refractivity contribution in [3.63, 3.8) is 0 Å². The third-order valence-electron chi connectivity index (χ3n) is 7.47. The molecule has 4 amide bonds. The molecule has 4 aliphatic rings. The van der Waals surface area contributed by atoms with Gasteiger partial charge in [0.25, 0.3) is 0 Å². The zero-order chi connectivity index (χ0) is 21.6. The molecular weight excluding hydrogens is 396 g/mol. The summed E-state index contributed by atoms with van der Waals surface area (Å²) in [6.45, 7) is 2.00. The standard InChI is InChI=1S/C24H20N2O5/c1-11-3-7-13(8-4-11)31-14-9-5-12(6-10-14)26-23(29)19-15-16(20(19)24(26)30)18-17(15)21(27)25(2)22(18)28/h3-10,15-20H,1-2H3. The second-order valence-corrected chi connectivity index (χ2v) is 8.91. The second kappa shape index (κ2) is 6.03. The number of anilines is 1. The number of likely N-dealkylation sites (tertiary alicyclic amines) is 1. The molecule has 4 fully saturated rings. The maximum atomic E-state index is 13.1. The van der Waals surface area contributed by atoms with E-state index in [0.717, 1.165) is 10.5 Å². The van der Waals surface area contributed by atoms with Crippen molar-refractivity contribution in [2.75, 3.05) is 11.9 Å². The van der Waals surface area contributed by atoms with E-state index < -0.39 is 23.7 Å². The lowest BCUT2D eigenvalue weighted by molar-refractivity contribution is -0.189. The van der Waals surface area contributed by atoms with Crippen LogP contribution < -0.4 is 9.64 Å². The minimum Gasteiger partial charge on any atom is -0.457 e. The summed E-state index contributed by atoms with van der Waals surface area (Å²) >= 11 is 0. The number of imide groups is 2. The average molecular weight is 416 g/mol. The molecule has 7 heteroatoms. The van der Waals surface area contributed by atoms with Crippen molar-refractivity contribution in [1.29, 1.82) is 0 Å². The monoisotopic (exact) mass is 416 g/mol. The molecule has 0 N–H and O–H groups in total. The van der Waals surface area contributed by atoms with Gasteiger partial charge >= 0.3 is 0 Å². The molecule has 2 aromatic carbocycles. The van der Waals surface area contributed by atoms with Crippen LogP contribution in [0.3, 0.4) is 0 Å². The van der Waals surface area contributed by atoms with Crippen LogP contribution in [0.2, 0.25) is 0 Å². The highest BCUT2D eigenvalue weighted by atomic mass is 16.5. The van der Waals surface area contributed by atoms with Crippen LogP contribution >= 0.6 is 0 Å². The molecule has 0 spiro atoms. The number of benzene rings is 2. The van der Waals surface area contributed by atoms with Crippen LogP contribution in [0.4, 0.5) is 5.69 Å². The van der Waals surface area contributed by atoms with Crippen LogP contribution in [0.1, 0.15) is 5.56 Å². The molecule has 0 bridgehead atoms. The van der Waals surface area contributed by atoms with Crippen molar-refractivity contribution in [1.82, 2.24) is 4.90 Å². The Hall–Kier alpha value is -3.48. The van der Waals surface area contributed by atoms with E-state index in [1.165, 1.54) is 11.9 Å². The number of rotatable bonds is 3. The number of nitrogens with zero attached hydrogens (tertiary/aromatic N) is 2. The molecule has 6 atom stereocenters. The van der Waals surface area contributed by atoms with E-state index in [0.29, 0.717) is 17.2 Å². The summed E-state index contributed by atoms with van der Waals surface area (Å²) in [5.74, 6) is -1.92. The second-order valence-electron chi connectivity index (χ2n) is 8.91. The van der Waals surface area contributed by atoms with Gasteiger partial charge in [-0.25, -0.2) is 0 Å². The van der Waals surface area contributed by atoms with Gasteiger partial charge in [0.2, 0.25) is 23.6 Å². The predicted octanol–water partition coefficient (Wildman–Crippen LogP) is 2.38. The van der Waals surface area contributed by atoms with E-state index in [2.05, 4.69) is 0 Å². The van der Waals surface area contributed by atoms with Crippen LogP contribution in [0.25, 0.3) is 0 Å². The molecule has 6 rings (SSSR count).